The van der Waals surface area contributed by atoms with Gasteiger partial charge in [0.25, 0.3) is 0 Å². The number of rotatable bonds is 3. The lowest BCUT2D eigenvalue weighted by molar-refractivity contribution is 0.0697. The first-order chi connectivity index (χ1) is 9.95. The number of aromatic carboxylic acids is 1. The fourth-order valence-corrected chi connectivity index (χ4v) is 2.00. The van der Waals surface area contributed by atoms with Crippen LogP contribution in [-0.2, 0) is 0 Å². The molecule has 2 aromatic carbocycles. The van der Waals surface area contributed by atoms with Gasteiger partial charge in [-0.1, -0.05) is 22.0 Å². The lowest BCUT2D eigenvalue weighted by atomic mass is 10.2. The summed E-state index contributed by atoms with van der Waals surface area (Å²) in [4.78, 5) is 22.6. The molecule has 0 aliphatic heterocycles. The van der Waals surface area contributed by atoms with E-state index in [1.807, 2.05) is 0 Å². The first kappa shape index (κ1) is 15.0. The molecule has 108 valence electrons. The van der Waals surface area contributed by atoms with E-state index in [1.54, 1.807) is 24.3 Å². The highest BCUT2D eigenvalue weighted by molar-refractivity contribution is 9.10. The Bertz CT molecular complexity index is 706. The van der Waals surface area contributed by atoms with Crippen molar-refractivity contribution < 1.29 is 19.1 Å². The molecule has 2 aromatic rings. The monoisotopic (exact) mass is 352 g/mol. The molecule has 0 saturated heterocycles. The van der Waals surface area contributed by atoms with Gasteiger partial charge in [0.2, 0.25) is 0 Å². The van der Waals surface area contributed by atoms with Crippen LogP contribution in [0.15, 0.2) is 46.9 Å². The second-order valence-electron chi connectivity index (χ2n) is 4.09. The zero-order valence-corrected chi connectivity index (χ0v) is 12.1. The summed E-state index contributed by atoms with van der Waals surface area (Å²) < 4.78 is 14.3. The topological polar surface area (TPSA) is 78.4 Å². The predicted molar refractivity (Wildman–Crippen MR) is 80.1 cm³/mol. The number of carboxylic acid groups (broad SMARTS) is 1. The lowest BCUT2D eigenvalue weighted by Gasteiger charge is -2.09. The first-order valence-corrected chi connectivity index (χ1v) is 6.61. The van der Waals surface area contributed by atoms with Crippen molar-refractivity contribution in [2.75, 3.05) is 10.6 Å². The standard InChI is InChI=1S/C14H10BrFN2O3/c15-9-2-1-3-10(7-9)17-14(21)18-12-6-8(13(19)20)4-5-11(12)16/h1-7H,(H,19,20)(H2,17,18,21). The Morgan fingerprint density at radius 2 is 1.86 bits per heavy atom. The molecule has 0 saturated carbocycles. The number of carboxylic acids is 1. The van der Waals surface area contributed by atoms with Gasteiger partial charge >= 0.3 is 12.0 Å². The number of amides is 2. The summed E-state index contributed by atoms with van der Waals surface area (Å²) in [5.41, 5.74) is 0.188. The van der Waals surface area contributed by atoms with Crippen molar-refractivity contribution in [2.45, 2.75) is 0 Å². The molecule has 0 radical (unpaired) electrons. The molecule has 0 aliphatic carbocycles. The van der Waals surface area contributed by atoms with Gasteiger partial charge in [-0.25, -0.2) is 14.0 Å². The predicted octanol–water partition coefficient (Wildman–Crippen LogP) is 3.93. The Labute approximate surface area is 127 Å². The molecule has 0 atom stereocenters. The van der Waals surface area contributed by atoms with Crippen LogP contribution in [0.1, 0.15) is 10.4 Å². The van der Waals surface area contributed by atoms with Crippen molar-refractivity contribution >= 4 is 39.3 Å². The summed E-state index contributed by atoms with van der Waals surface area (Å²) in [7, 11) is 0. The van der Waals surface area contributed by atoms with Gasteiger partial charge in [-0.2, -0.15) is 0 Å². The Balaban J connectivity index is 2.12. The fraction of sp³-hybridized carbons (Fsp3) is 0. The van der Waals surface area contributed by atoms with E-state index in [9.17, 15) is 14.0 Å². The SMILES string of the molecule is O=C(Nc1cccc(Br)c1)Nc1cc(C(=O)O)ccc1F. The van der Waals surface area contributed by atoms with E-state index in [0.717, 1.165) is 22.7 Å². The van der Waals surface area contributed by atoms with Crippen LogP contribution in [0.5, 0.6) is 0 Å². The molecule has 5 nitrogen and oxygen atoms in total. The molecule has 0 fully saturated rings. The Hall–Kier alpha value is -2.41. The van der Waals surface area contributed by atoms with Crippen molar-refractivity contribution in [3.63, 3.8) is 0 Å². The molecule has 0 unspecified atom stereocenters. The number of urea groups is 1. The highest BCUT2D eigenvalue weighted by atomic mass is 79.9. The molecule has 2 rings (SSSR count). The van der Waals surface area contributed by atoms with Crippen molar-refractivity contribution in [3.8, 4) is 0 Å². The maximum absolute atomic E-state index is 13.6. The van der Waals surface area contributed by atoms with Crippen LogP contribution >= 0.6 is 15.9 Å². The number of benzene rings is 2. The molecule has 0 heterocycles. The Kier molecular flexibility index (Phi) is 4.54. The summed E-state index contributed by atoms with van der Waals surface area (Å²) in [5, 5.41) is 13.6. The number of anilines is 2. The van der Waals surface area contributed by atoms with Crippen molar-refractivity contribution in [1.29, 1.82) is 0 Å². The van der Waals surface area contributed by atoms with Crippen LogP contribution in [-0.4, -0.2) is 17.1 Å². The number of halogens is 2. The van der Waals surface area contributed by atoms with Crippen molar-refractivity contribution in [2.24, 2.45) is 0 Å². The molecule has 0 aliphatic rings. The van der Waals surface area contributed by atoms with Gasteiger partial charge in [0.05, 0.1) is 11.3 Å². The van der Waals surface area contributed by atoms with Gasteiger partial charge in [0.15, 0.2) is 0 Å². The maximum atomic E-state index is 13.6. The zero-order chi connectivity index (χ0) is 15.4. The molecule has 2 amide bonds. The second-order valence-corrected chi connectivity index (χ2v) is 5.00. The fourth-order valence-electron chi connectivity index (χ4n) is 1.60. The minimum atomic E-state index is -1.20. The van der Waals surface area contributed by atoms with E-state index >= 15 is 0 Å². The van der Waals surface area contributed by atoms with E-state index in [-0.39, 0.29) is 11.3 Å². The third-order valence-electron chi connectivity index (χ3n) is 2.54. The number of carbonyl (C=O) groups is 2. The summed E-state index contributed by atoms with van der Waals surface area (Å²) in [6.45, 7) is 0. The van der Waals surface area contributed by atoms with Crippen molar-refractivity contribution in [1.82, 2.24) is 0 Å². The van der Waals surface area contributed by atoms with Gasteiger partial charge in [-0.15, -0.1) is 0 Å². The normalized spacial score (nSPS) is 10.0. The Morgan fingerprint density at radius 1 is 1.10 bits per heavy atom. The van der Waals surface area contributed by atoms with Gasteiger partial charge in [0.1, 0.15) is 5.82 Å². The summed E-state index contributed by atoms with van der Waals surface area (Å²) >= 11 is 3.26. The average molecular weight is 353 g/mol. The highest BCUT2D eigenvalue weighted by Crippen LogP contribution is 2.18. The quantitative estimate of drug-likeness (QED) is 0.782. The largest absolute Gasteiger partial charge is 0.478 e. The lowest BCUT2D eigenvalue weighted by Crippen LogP contribution is -2.20. The summed E-state index contributed by atoms with van der Waals surface area (Å²) in [6.07, 6.45) is 0. The molecule has 0 bridgehead atoms. The van der Waals surface area contributed by atoms with Gasteiger partial charge in [0, 0.05) is 10.2 Å². The maximum Gasteiger partial charge on any atom is 0.335 e. The van der Waals surface area contributed by atoms with Crippen LogP contribution in [0.3, 0.4) is 0 Å². The number of hydrogen-bond donors (Lipinski definition) is 3. The number of carbonyl (C=O) groups excluding carboxylic acids is 1. The van der Waals surface area contributed by atoms with Gasteiger partial charge < -0.3 is 15.7 Å². The van der Waals surface area contributed by atoms with E-state index in [1.165, 1.54) is 0 Å². The first-order valence-electron chi connectivity index (χ1n) is 5.82. The smallest absolute Gasteiger partial charge is 0.335 e. The third kappa shape index (κ3) is 4.03. The molecule has 3 N–H and O–H groups in total. The average Bonchev–Trinajstić information content (AvgIpc) is 2.41. The van der Waals surface area contributed by atoms with Gasteiger partial charge in [-0.05, 0) is 36.4 Å². The highest BCUT2D eigenvalue weighted by Gasteiger charge is 2.11. The Morgan fingerprint density at radius 3 is 2.52 bits per heavy atom. The molecule has 21 heavy (non-hydrogen) atoms. The number of hydrogen-bond acceptors (Lipinski definition) is 2. The summed E-state index contributed by atoms with van der Waals surface area (Å²) in [6, 6.07) is 9.34. The van der Waals surface area contributed by atoms with Gasteiger partial charge in [-0.3, -0.25) is 0 Å². The van der Waals surface area contributed by atoms with E-state index < -0.39 is 17.8 Å². The molecule has 7 heteroatoms. The van der Waals surface area contributed by atoms with Crippen molar-refractivity contribution in [3.05, 3.63) is 58.3 Å². The van der Waals surface area contributed by atoms with Crippen LogP contribution in [0.2, 0.25) is 0 Å². The van der Waals surface area contributed by atoms with Crippen LogP contribution < -0.4 is 10.6 Å². The molecule has 0 aromatic heterocycles. The third-order valence-corrected chi connectivity index (χ3v) is 3.04. The molecular formula is C14H10BrFN2O3. The van der Waals surface area contributed by atoms with Crippen LogP contribution in [0.25, 0.3) is 0 Å². The minimum Gasteiger partial charge on any atom is -0.478 e. The molecule has 0 spiro atoms. The zero-order valence-electron chi connectivity index (χ0n) is 10.6. The summed E-state index contributed by atoms with van der Waals surface area (Å²) in [5.74, 6) is -1.92. The van der Waals surface area contributed by atoms with E-state index in [2.05, 4.69) is 26.6 Å². The number of nitrogens with one attached hydrogen (secondary N) is 2. The van der Waals surface area contributed by atoms with Crippen LogP contribution in [0.4, 0.5) is 20.6 Å². The van der Waals surface area contributed by atoms with E-state index in [4.69, 9.17) is 5.11 Å². The molecular weight excluding hydrogens is 343 g/mol. The minimum absolute atomic E-state index is 0.117. The van der Waals surface area contributed by atoms with E-state index in [0.29, 0.717) is 5.69 Å². The second kappa shape index (κ2) is 6.36. The van der Waals surface area contributed by atoms with Crippen LogP contribution in [0, 0.1) is 5.82 Å².